The zero-order valence-electron chi connectivity index (χ0n) is 10.5. The van der Waals surface area contributed by atoms with E-state index in [0.29, 0.717) is 0 Å². The van der Waals surface area contributed by atoms with Gasteiger partial charge in [-0.15, -0.1) is 0 Å². The highest BCUT2D eigenvalue weighted by molar-refractivity contribution is 7.46. The number of fused-ring (bicyclic) bond motifs is 1. The summed E-state index contributed by atoms with van der Waals surface area (Å²) >= 11 is 0. The molecule has 13 heteroatoms. The standard InChI is InChI=1S/C8H10N5O7P/c1-13-2-4-5(12-13)6(10-11-7(4)14)9-8(15)19-3-20-21(16,17)18/h2H,3H2,1H3,(H,11,14)(H,9,10,15)(H2,16,17,18). The summed E-state index contributed by atoms with van der Waals surface area (Å²) < 4.78 is 20.0. The number of aromatic nitrogens is 4. The molecule has 114 valence electrons. The van der Waals surface area contributed by atoms with Gasteiger partial charge in [-0.05, 0) is 0 Å². The highest BCUT2D eigenvalue weighted by Crippen LogP contribution is 2.35. The molecular formula is C8H10N5O7P. The van der Waals surface area contributed by atoms with E-state index in [2.05, 4.69) is 29.9 Å². The topological polar surface area (TPSA) is 169 Å². The van der Waals surface area contributed by atoms with E-state index in [0.717, 1.165) is 0 Å². The first kappa shape index (κ1) is 15.1. The number of phosphoric ester groups is 1. The van der Waals surface area contributed by atoms with Gasteiger partial charge in [0.2, 0.25) is 6.79 Å². The Bertz CT molecular complexity index is 777. The highest BCUT2D eigenvalue weighted by atomic mass is 31.2. The number of aryl methyl sites for hydroxylation is 1. The Hall–Kier alpha value is -2.27. The number of amides is 1. The van der Waals surface area contributed by atoms with Crippen LogP contribution in [0.4, 0.5) is 10.6 Å². The molecule has 0 aromatic carbocycles. The predicted octanol–water partition coefficient (Wildman–Crippen LogP) is -0.728. The van der Waals surface area contributed by atoms with E-state index in [1.165, 1.54) is 10.9 Å². The number of hydrogen-bond donors (Lipinski definition) is 4. The van der Waals surface area contributed by atoms with E-state index in [-0.39, 0.29) is 16.7 Å². The number of anilines is 1. The van der Waals surface area contributed by atoms with Crippen molar-refractivity contribution in [3.63, 3.8) is 0 Å². The first-order valence-electron chi connectivity index (χ1n) is 5.32. The summed E-state index contributed by atoms with van der Waals surface area (Å²) in [5, 5.41) is 12.1. The molecule has 0 saturated heterocycles. The quantitative estimate of drug-likeness (QED) is 0.419. The lowest BCUT2D eigenvalue weighted by Gasteiger charge is -2.07. The van der Waals surface area contributed by atoms with Gasteiger partial charge in [-0.25, -0.2) is 19.0 Å². The second-order valence-corrected chi connectivity index (χ2v) is 5.00. The zero-order chi connectivity index (χ0) is 15.6. The maximum absolute atomic E-state index is 11.5. The van der Waals surface area contributed by atoms with Crippen molar-refractivity contribution in [1.82, 2.24) is 20.0 Å². The van der Waals surface area contributed by atoms with E-state index in [1.807, 2.05) is 0 Å². The fraction of sp³-hybridized carbons (Fsp3) is 0.250. The molecular weight excluding hydrogens is 309 g/mol. The Morgan fingerprint density at radius 1 is 1.57 bits per heavy atom. The second kappa shape index (κ2) is 5.61. The third-order valence-electron chi connectivity index (χ3n) is 2.20. The van der Waals surface area contributed by atoms with E-state index < -0.39 is 26.3 Å². The number of hydrogen-bond acceptors (Lipinski definition) is 7. The van der Waals surface area contributed by atoms with Gasteiger partial charge in [0.1, 0.15) is 5.52 Å². The molecule has 0 radical (unpaired) electrons. The first-order chi connectivity index (χ1) is 9.76. The normalized spacial score (nSPS) is 11.6. The van der Waals surface area contributed by atoms with Gasteiger partial charge in [-0.3, -0.25) is 14.8 Å². The Balaban J connectivity index is 2.10. The Labute approximate surface area is 115 Å². The summed E-state index contributed by atoms with van der Waals surface area (Å²) in [7, 11) is -3.15. The lowest BCUT2D eigenvalue weighted by atomic mass is 10.3. The van der Waals surface area contributed by atoms with Crippen LogP contribution in [0.1, 0.15) is 0 Å². The van der Waals surface area contributed by atoms with Crippen molar-refractivity contribution in [1.29, 1.82) is 0 Å². The molecule has 2 aromatic rings. The first-order valence-corrected chi connectivity index (χ1v) is 6.85. The van der Waals surface area contributed by atoms with Gasteiger partial charge in [0.05, 0.1) is 5.39 Å². The summed E-state index contributed by atoms with van der Waals surface area (Å²) in [6, 6.07) is 0. The van der Waals surface area contributed by atoms with Gasteiger partial charge in [0, 0.05) is 13.2 Å². The number of nitrogens with one attached hydrogen (secondary N) is 2. The van der Waals surface area contributed by atoms with Crippen LogP contribution in [-0.2, 0) is 20.9 Å². The number of aromatic amines is 1. The lowest BCUT2D eigenvalue weighted by molar-refractivity contribution is 0.0470. The van der Waals surface area contributed by atoms with Gasteiger partial charge in [-0.1, -0.05) is 0 Å². The molecule has 0 fully saturated rings. The van der Waals surface area contributed by atoms with Crippen molar-refractivity contribution in [3.05, 3.63) is 16.6 Å². The van der Waals surface area contributed by atoms with Gasteiger partial charge in [-0.2, -0.15) is 10.2 Å². The van der Waals surface area contributed by atoms with Crippen molar-refractivity contribution in [2.75, 3.05) is 12.1 Å². The minimum atomic E-state index is -4.73. The fourth-order valence-electron chi connectivity index (χ4n) is 1.42. The van der Waals surface area contributed by atoms with E-state index in [9.17, 15) is 14.2 Å². The Morgan fingerprint density at radius 2 is 2.29 bits per heavy atom. The van der Waals surface area contributed by atoms with Gasteiger partial charge in [0.15, 0.2) is 5.82 Å². The number of phosphoric acid groups is 1. The monoisotopic (exact) mass is 319 g/mol. The number of H-pyrrole nitrogens is 1. The maximum Gasteiger partial charge on any atom is 0.472 e. The van der Waals surface area contributed by atoms with Gasteiger partial charge >= 0.3 is 13.9 Å². The molecule has 2 aromatic heterocycles. The maximum atomic E-state index is 11.5. The van der Waals surface area contributed by atoms with Crippen molar-refractivity contribution in [2.45, 2.75) is 0 Å². The fourth-order valence-corrected chi connectivity index (χ4v) is 1.61. The van der Waals surface area contributed by atoms with Crippen LogP contribution in [0, 0.1) is 0 Å². The average molecular weight is 319 g/mol. The molecule has 0 spiro atoms. The van der Waals surface area contributed by atoms with E-state index >= 15 is 0 Å². The van der Waals surface area contributed by atoms with Crippen LogP contribution in [0.25, 0.3) is 10.9 Å². The van der Waals surface area contributed by atoms with Crippen LogP contribution >= 0.6 is 7.82 Å². The minimum absolute atomic E-state index is 0.0774. The third-order valence-corrected chi connectivity index (χ3v) is 2.64. The predicted molar refractivity (Wildman–Crippen MR) is 67.2 cm³/mol. The summed E-state index contributed by atoms with van der Waals surface area (Å²) in [5.41, 5.74) is -0.351. The molecule has 12 nitrogen and oxygen atoms in total. The van der Waals surface area contributed by atoms with Crippen LogP contribution in [-0.4, -0.2) is 42.7 Å². The Morgan fingerprint density at radius 3 is 2.95 bits per heavy atom. The van der Waals surface area contributed by atoms with E-state index in [1.54, 1.807) is 7.05 Å². The SMILES string of the molecule is Cn1cc2c(=O)[nH]nc(NC(=O)OCOP(=O)(O)O)c2n1. The van der Waals surface area contributed by atoms with Crippen LogP contribution in [0.15, 0.2) is 11.0 Å². The molecule has 1 amide bonds. The zero-order valence-corrected chi connectivity index (χ0v) is 11.4. The average Bonchev–Trinajstić information content (AvgIpc) is 2.74. The number of ether oxygens (including phenoxy) is 1. The second-order valence-electron chi connectivity index (χ2n) is 3.76. The molecule has 2 rings (SSSR count). The molecule has 0 bridgehead atoms. The van der Waals surface area contributed by atoms with Crippen LogP contribution < -0.4 is 10.9 Å². The number of nitrogens with zero attached hydrogens (tertiary/aromatic N) is 3. The molecule has 0 aliphatic rings. The smallest absolute Gasteiger partial charge is 0.421 e. The summed E-state index contributed by atoms with van der Waals surface area (Å²) in [5.74, 6) is -0.0774. The molecule has 0 unspecified atom stereocenters. The highest BCUT2D eigenvalue weighted by Gasteiger charge is 2.17. The lowest BCUT2D eigenvalue weighted by Crippen LogP contribution is -2.18. The van der Waals surface area contributed by atoms with Crippen LogP contribution in [0.2, 0.25) is 0 Å². The molecule has 0 saturated carbocycles. The molecule has 0 atom stereocenters. The van der Waals surface area contributed by atoms with Crippen molar-refractivity contribution >= 4 is 30.6 Å². The van der Waals surface area contributed by atoms with Crippen LogP contribution in [0.3, 0.4) is 0 Å². The van der Waals surface area contributed by atoms with Crippen molar-refractivity contribution in [2.24, 2.45) is 7.05 Å². The van der Waals surface area contributed by atoms with Gasteiger partial charge in [0.25, 0.3) is 5.56 Å². The number of carbonyl (C=O) groups is 1. The summed E-state index contributed by atoms with van der Waals surface area (Å²) in [4.78, 5) is 39.7. The van der Waals surface area contributed by atoms with E-state index in [4.69, 9.17) is 9.79 Å². The number of carbonyl (C=O) groups excluding carboxylic acids is 1. The van der Waals surface area contributed by atoms with Gasteiger partial charge < -0.3 is 14.5 Å². The van der Waals surface area contributed by atoms with Crippen LogP contribution in [0.5, 0.6) is 0 Å². The summed E-state index contributed by atoms with van der Waals surface area (Å²) in [6.07, 6.45) is 0.346. The molecule has 4 N–H and O–H groups in total. The molecule has 0 aliphatic carbocycles. The molecule has 2 heterocycles. The Kier molecular flexibility index (Phi) is 4.04. The summed E-state index contributed by atoms with van der Waals surface area (Å²) in [6.45, 7) is -0.954. The largest absolute Gasteiger partial charge is 0.472 e. The number of rotatable bonds is 4. The van der Waals surface area contributed by atoms with Crippen molar-refractivity contribution < 1.29 is 28.4 Å². The third kappa shape index (κ3) is 3.86. The van der Waals surface area contributed by atoms with Crippen molar-refractivity contribution in [3.8, 4) is 0 Å². The molecule has 21 heavy (non-hydrogen) atoms. The minimum Gasteiger partial charge on any atom is -0.421 e. The molecule has 0 aliphatic heterocycles.